The fourth-order valence-electron chi connectivity index (χ4n) is 2.66. The summed E-state index contributed by atoms with van der Waals surface area (Å²) in [6.45, 7) is 2.20. The van der Waals surface area contributed by atoms with Gasteiger partial charge in [0.05, 0.1) is 0 Å². The number of fused-ring (bicyclic) bond motifs is 1. The van der Waals surface area contributed by atoms with Crippen molar-refractivity contribution < 1.29 is 46.5 Å². The van der Waals surface area contributed by atoms with Gasteiger partial charge < -0.3 is 29.4 Å². The molecule has 0 fully saturated rings. The van der Waals surface area contributed by atoms with E-state index in [0.29, 0.717) is 0 Å². The third kappa shape index (κ3) is 6.53. The zero-order chi connectivity index (χ0) is 15.2. The molecule has 1 heterocycles. The minimum absolute atomic E-state index is 0. The van der Waals surface area contributed by atoms with E-state index in [0.717, 1.165) is 0 Å². The number of nitrogens with zero attached hydrogens (tertiary/aromatic N) is 1. The first kappa shape index (κ1) is 23.8. The summed E-state index contributed by atoms with van der Waals surface area (Å²) in [7, 11) is 0. The molecule has 4 heteroatoms. The van der Waals surface area contributed by atoms with E-state index >= 15 is 0 Å². The first-order chi connectivity index (χ1) is 10.9. The zero-order valence-electron chi connectivity index (χ0n) is 14.2. The van der Waals surface area contributed by atoms with Gasteiger partial charge in [-0.25, -0.2) is 12.1 Å². The van der Waals surface area contributed by atoms with E-state index < -0.39 is 0 Å². The average Bonchev–Trinajstić information content (AvgIpc) is 3.29. The Morgan fingerprint density at radius 2 is 1.56 bits per heavy atom. The molecule has 0 aliphatic heterocycles. The van der Waals surface area contributed by atoms with Crippen molar-refractivity contribution >= 4 is 10.8 Å². The molecule has 0 saturated heterocycles. The third-order valence-electron chi connectivity index (χ3n) is 3.78. The summed E-state index contributed by atoms with van der Waals surface area (Å²) < 4.78 is 2.12. The Morgan fingerprint density at radius 1 is 0.920 bits per heavy atom. The van der Waals surface area contributed by atoms with E-state index in [2.05, 4.69) is 84.5 Å². The van der Waals surface area contributed by atoms with E-state index in [9.17, 15) is 0 Å². The predicted octanol–water partition coefficient (Wildman–Crippen LogP) is -0.287. The second-order valence-electron chi connectivity index (χ2n) is 5.48. The number of aryl methyl sites for hydroxylation is 1. The maximum absolute atomic E-state index is 2.20. The molecule has 0 saturated carbocycles. The molecule has 0 amide bonds. The molecule has 0 bridgehead atoms. The Balaban J connectivity index is 0.000000462. The summed E-state index contributed by atoms with van der Waals surface area (Å²) in [4.78, 5) is 0. The minimum Gasteiger partial charge on any atom is -1.00 e. The van der Waals surface area contributed by atoms with Crippen LogP contribution < -0.4 is 24.8 Å². The largest absolute Gasteiger partial charge is 4.00 e. The molecular weight excluding hydrogens is 385 g/mol. The molecule has 0 unspecified atom stereocenters. The van der Waals surface area contributed by atoms with Gasteiger partial charge in [-0.15, -0.1) is 41.1 Å². The smallest absolute Gasteiger partial charge is 1.00 e. The van der Waals surface area contributed by atoms with Crippen LogP contribution in [0.2, 0.25) is 0 Å². The number of hydrogen-bond acceptors (Lipinski definition) is 0. The van der Waals surface area contributed by atoms with E-state index in [1.165, 1.54) is 34.9 Å². The van der Waals surface area contributed by atoms with Gasteiger partial charge in [0.15, 0.2) is 0 Å². The molecule has 128 valence electrons. The van der Waals surface area contributed by atoms with Crippen LogP contribution in [0.1, 0.15) is 18.9 Å². The molecule has 0 atom stereocenters. The van der Waals surface area contributed by atoms with Crippen molar-refractivity contribution in [2.24, 2.45) is 0 Å². The summed E-state index contributed by atoms with van der Waals surface area (Å²) in [5, 5.41) is 2.60. The quantitative estimate of drug-likeness (QED) is 0.326. The maximum Gasteiger partial charge on any atom is 4.00 e. The minimum atomic E-state index is 0. The normalized spacial score (nSPS) is 9.16. The second kappa shape index (κ2) is 12.2. The van der Waals surface area contributed by atoms with Crippen LogP contribution in [0.5, 0.6) is 0 Å². The maximum atomic E-state index is 2.20. The second-order valence-corrected chi connectivity index (χ2v) is 5.48. The van der Waals surface area contributed by atoms with E-state index in [1.807, 2.05) is 12.1 Å². The molecule has 0 aliphatic rings. The van der Waals surface area contributed by atoms with Crippen LogP contribution in [0.4, 0.5) is 0 Å². The van der Waals surface area contributed by atoms with Crippen LogP contribution in [-0.4, -0.2) is 4.57 Å². The first-order valence-corrected chi connectivity index (χ1v) is 7.86. The summed E-state index contributed by atoms with van der Waals surface area (Å²) in [6.07, 6.45) is 6.61. The van der Waals surface area contributed by atoms with Crippen LogP contribution in [0, 0.1) is 0 Å². The van der Waals surface area contributed by atoms with E-state index in [4.69, 9.17) is 0 Å². The van der Waals surface area contributed by atoms with Gasteiger partial charge in [0.1, 0.15) is 0 Å². The number of benzene rings is 1. The van der Waals surface area contributed by atoms with Crippen molar-refractivity contribution in [3.05, 3.63) is 90.8 Å². The van der Waals surface area contributed by atoms with E-state index in [1.54, 1.807) is 0 Å². The van der Waals surface area contributed by atoms with E-state index in [-0.39, 0.29) is 46.5 Å². The molecule has 0 N–H and O–H groups in total. The molecule has 0 spiro atoms. The molecule has 4 aromatic rings. The van der Waals surface area contributed by atoms with Crippen molar-refractivity contribution in [3.63, 3.8) is 0 Å². The van der Waals surface area contributed by atoms with Crippen LogP contribution in [0.3, 0.4) is 0 Å². The van der Waals surface area contributed by atoms with Gasteiger partial charge >= 0.3 is 21.7 Å². The Labute approximate surface area is 177 Å². The van der Waals surface area contributed by atoms with Crippen LogP contribution >= 0.6 is 0 Å². The standard InChI is InChI=1S/C13H10N.C8H11.2ClH.Ti/c1-2-6-12-10-13(9-11(12)5-1)14-7-3-4-8-14;1-2-5-8-6-3-4-7-8;;;/h1-10H;3-4,6-7H,2,5H2,1H3;2*1H;/q2*-1;;;+4/p-2. The van der Waals surface area contributed by atoms with Crippen molar-refractivity contribution in [1.29, 1.82) is 0 Å². The SMILES string of the molecule is CCC[c-]1cccc1.[Cl-].[Cl-].[Ti+4].c1ccc2[cH-]c(-n3cccc3)cc2c1. The number of hydrogen-bond donors (Lipinski definition) is 0. The molecule has 3 aromatic carbocycles. The number of aromatic nitrogens is 1. The van der Waals surface area contributed by atoms with Gasteiger partial charge in [0, 0.05) is 12.4 Å². The molecule has 0 radical (unpaired) electrons. The Morgan fingerprint density at radius 3 is 2.16 bits per heavy atom. The average molecular weight is 406 g/mol. The molecular formula is C21H21Cl2NTi. The van der Waals surface area contributed by atoms with Gasteiger partial charge in [-0.3, -0.25) is 0 Å². The number of halogens is 2. The van der Waals surface area contributed by atoms with Crippen LogP contribution in [0.15, 0.2) is 85.2 Å². The first-order valence-electron chi connectivity index (χ1n) is 7.86. The van der Waals surface area contributed by atoms with Crippen molar-refractivity contribution in [2.75, 3.05) is 0 Å². The van der Waals surface area contributed by atoms with Crippen molar-refractivity contribution in [1.82, 2.24) is 4.57 Å². The fourth-order valence-corrected chi connectivity index (χ4v) is 2.66. The van der Waals surface area contributed by atoms with Gasteiger partial charge in [0.2, 0.25) is 0 Å². The van der Waals surface area contributed by atoms with Gasteiger partial charge in [-0.2, -0.15) is 17.7 Å². The van der Waals surface area contributed by atoms with Gasteiger partial charge in [0.25, 0.3) is 0 Å². The molecule has 1 nitrogen and oxygen atoms in total. The molecule has 25 heavy (non-hydrogen) atoms. The zero-order valence-corrected chi connectivity index (χ0v) is 17.3. The summed E-state index contributed by atoms with van der Waals surface area (Å²) in [6, 6.07) is 25.4. The fraction of sp³-hybridized carbons (Fsp3) is 0.143. The number of rotatable bonds is 3. The van der Waals surface area contributed by atoms with Gasteiger partial charge in [-0.05, 0) is 17.8 Å². The monoisotopic (exact) mass is 405 g/mol. The van der Waals surface area contributed by atoms with Gasteiger partial charge in [-0.1, -0.05) is 25.8 Å². The molecule has 1 aromatic heterocycles. The summed E-state index contributed by atoms with van der Waals surface area (Å²) in [5.41, 5.74) is 2.70. The van der Waals surface area contributed by atoms with Crippen LogP contribution in [0.25, 0.3) is 16.5 Å². The topological polar surface area (TPSA) is 4.93 Å². The van der Waals surface area contributed by atoms with Crippen molar-refractivity contribution in [3.8, 4) is 5.69 Å². The third-order valence-corrected chi connectivity index (χ3v) is 3.78. The predicted molar refractivity (Wildman–Crippen MR) is 94.9 cm³/mol. The summed E-state index contributed by atoms with van der Waals surface area (Å²) >= 11 is 0. The molecule has 0 aliphatic carbocycles. The van der Waals surface area contributed by atoms with Crippen molar-refractivity contribution in [2.45, 2.75) is 19.8 Å². The Hall–Kier alpha value is -1.25. The van der Waals surface area contributed by atoms with Crippen LogP contribution in [-0.2, 0) is 28.1 Å². The molecule has 4 rings (SSSR count). The summed E-state index contributed by atoms with van der Waals surface area (Å²) in [5.74, 6) is 0. The Bertz CT molecular complexity index is 769. The Kier molecular flexibility index (Phi) is 11.6.